The molecular formula is C6H12FNO3. The summed E-state index contributed by atoms with van der Waals surface area (Å²) in [6.45, 7) is -0.688. The van der Waals surface area contributed by atoms with E-state index in [1.165, 1.54) is 0 Å². The number of hydrogen-bond acceptors (Lipinski definition) is 4. The van der Waals surface area contributed by atoms with E-state index in [9.17, 15) is 4.39 Å². The van der Waals surface area contributed by atoms with Crippen LogP contribution in [0.1, 0.15) is 0 Å². The summed E-state index contributed by atoms with van der Waals surface area (Å²) in [5, 5.41) is 28.8. The molecular weight excluding hydrogens is 153 g/mol. The Bertz CT molecular complexity index is 117. The molecule has 4 N–H and O–H groups in total. The Labute approximate surface area is 63.7 Å². The third-order valence-corrected chi connectivity index (χ3v) is 1.94. The van der Waals surface area contributed by atoms with Crippen molar-refractivity contribution in [3.8, 4) is 0 Å². The predicted octanol–water partition coefficient (Wildman–Crippen LogP) is -1.99. The number of aliphatic hydroxyl groups excluding tert-OH is 3. The van der Waals surface area contributed by atoms with Crippen LogP contribution in [0.3, 0.4) is 0 Å². The van der Waals surface area contributed by atoms with Crippen LogP contribution in [0.25, 0.3) is 0 Å². The first kappa shape index (κ1) is 8.86. The summed E-state index contributed by atoms with van der Waals surface area (Å²) < 4.78 is 12.8. The molecule has 4 nitrogen and oxygen atoms in total. The van der Waals surface area contributed by atoms with Crippen molar-refractivity contribution >= 4 is 0 Å². The van der Waals surface area contributed by atoms with Crippen molar-refractivity contribution in [3.05, 3.63) is 0 Å². The Balaban J connectivity index is 2.53. The summed E-state index contributed by atoms with van der Waals surface area (Å²) >= 11 is 0. The first-order valence-corrected chi connectivity index (χ1v) is 3.50. The third-order valence-electron chi connectivity index (χ3n) is 1.94. The average molecular weight is 165 g/mol. The second-order valence-electron chi connectivity index (χ2n) is 2.68. The molecule has 11 heavy (non-hydrogen) atoms. The van der Waals surface area contributed by atoms with Crippen molar-refractivity contribution in [3.63, 3.8) is 0 Å². The molecule has 1 fully saturated rings. The van der Waals surface area contributed by atoms with Crippen LogP contribution in [0.4, 0.5) is 4.39 Å². The van der Waals surface area contributed by atoms with E-state index in [0.717, 1.165) is 0 Å². The lowest BCUT2D eigenvalue weighted by atomic mass is 10.1. The smallest absolute Gasteiger partial charge is 0.145 e. The number of hydrogen-bond donors (Lipinski definition) is 4. The van der Waals surface area contributed by atoms with Crippen LogP contribution in [0.5, 0.6) is 0 Å². The number of alkyl halides is 1. The Hall–Kier alpha value is -0.230. The SMILES string of the molecule is OC[C@@H]1N[C@@H](CO)[C@H](F)[C@H]1O. The molecule has 66 valence electrons. The van der Waals surface area contributed by atoms with Crippen LogP contribution < -0.4 is 5.32 Å². The van der Waals surface area contributed by atoms with Gasteiger partial charge < -0.3 is 20.6 Å². The number of halogens is 1. The van der Waals surface area contributed by atoms with Gasteiger partial charge in [0.15, 0.2) is 0 Å². The maximum atomic E-state index is 12.8. The lowest BCUT2D eigenvalue weighted by molar-refractivity contribution is 0.0625. The van der Waals surface area contributed by atoms with Gasteiger partial charge in [-0.3, -0.25) is 0 Å². The molecule has 5 heteroatoms. The molecule has 0 aliphatic carbocycles. The van der Waals surface area contributed by atoms with E-state index in [1.54, 1.807) is 0 Å². The van der Waals surface area contributed by atoms with Crippen LogP contribution in [-0.2, 0) is 0 Å². The normalized spacial score (nSPS) is 44.7. The quantitative estimate of drug-likeness (QED) is 0.382. The van der Waals surface area contributed by atoms with E-state index < -0.39 is 24.4 Å². The minimum Gasteiger partial charge on any atom is -0.395 e. The molecule has 0 bridgehead atoms. The maximum absolute atomic E-state index is 12.8. The highest BCUT2D eigenvalue weighted by Gasteiger charge is 2.41. The first-order chi connectivity index (χ1) is 5.20. The zero-order chi connectivity index (χ0) is 8.43. The van der Waals surface area contributed by atoms with Gasteiger partial charge in [0.25, 0.3) is 0 Å². The van der Waals surface area contributed by atoms with Crippen molar-refractivity contribution in [2.45, 2.75) is 24.4 Å². The van der Waals surface area contributed by atoms with Crippen LogP contribution in [0, 0.1) is 0 Å². The Morgan fingerprint density at radius 2 is 1.73 bits per heavy atom. The van der Waals surface area contributed by atoms with Gasteiger partial charge in [-0.05, 0) is 0 Å². The van der Waals surface area contributed by atoms with Crippen molar-refractivity contribution in [2.24, 2.45) is 0 Å². The highest BCUT2D eigenvalue weighted by molar-refractivity contribution is 4.97. The molecule has 0 aromatic rings. The highest BCUT2D eigenvalue weighted by Crippen LogP contribution is 2.16. The fourth-order valence-electron chi connectivity index (χ4n) is 1.24. The summed E-state index contributed by atoms with van der Waals surface area (Å²) in [4.78, 5) is 0. The van der Waals surface area contributed by atoms with Crippen molar-refractivity contribution in [1.29, 1.82) is 0 Å². The van der Waals surface area contributed by atoms with E-state index in [4.69, 9.17) is 15.3 Å². The number of aliphatic hydroxyl groups is 3. The zero-order valence-corrected chi connectivity index (χ0v) is 5.94. The van der Waals surface area contributed by atoms with Crippen LogP contribution in [0.15, 0.2) is 0 Å². The molecule has 0 spiro atoms. The molecule has 0 aromatic carbocycles. The van der Waals surface area contributed by atoms with Crippen LogP contribution in [-0.4, -0.2) is 52.9 Å². The van der Waals surface area contributed by atoms with Gasteiger partial charge in [-0.1, -0.05) is 0 Å². The van der Waals surface area contributed by atoms with Crippen LogP contribution in [0.2, 0.25) is 0 Å². The van der Waals surface area contributed by atoms with E-state index >= 15 is 0 Å². The molecule has 1 saturated heterocycles. The van der Waals surface area contributed by atoms with Crippen molar-refractivity contribution in [2.75, 3.05) is 13.2 Å². The van der Waals surface area contributed by atoms with Gasteiger partial charge in [-0.15, -0.1) is 0 Å². The Kier molecular flexibility index (Phi) is 2.78. The van der Waals surface area contributed by atoms with Gasteiger partial charge >= 0.3 is 0 Å². The lowest BCUT2D eigenvalue weighted by Gasteiger charge is -2.10. The average Bonchev–Trinajstić information content (AvgIpc) is 2.30. The van der Waals surface area contributed by atoms with E-state index in [2.05, 4.69) is 5.32 Å². The predicted molar refractivity (Wildman–Crippen MR) is 35.8 cm³/mol. The van der Waals surface area contributed by atoms with Gasteiger partial charge in [-0.2, -0.15) is 0 Å². The second-order valence-corrected chi connectivity index (χ2v) is 2.68. The summed E-state index contributed by atoms with van der Waals surface area (Å²) in [6, 6.07) is -1.40. The van der Waals surface area contributed by atoms with Gasteiger partial charge in [0.1, 0.15) is 12.3 Å². The minimum atomic E-state index is -1.49. The number of rotatable bonds is 2. The topological polar surface area (TPSA) is 72.7 Å². The molecule has 0 unspecified atom stereocenters. The minimum absolute atomic E-state index is 0.321. The standard InChI is InChI=1S/C6H12FNO3/c7-5-3(1-9)8-4(2-10)6(5)11/h3-6,8-11H,1-2H2/t3-,4-,5-,6-/m0/s1. The Morgan fingerprint density at radius 1 is 1.18 bits per heavy atom. The monoisotopic (exact) mass is 165 g/mol. The van der Waals surface area contributed by atoms with Gasteiger partial charge in [-0.25, -0.2) is 4.39 Å². The van der Waals surface area contributed by atoms with Gasteiger partial charge in [0.2, 0.25) is 0 Å². The number of nitrogens with one attached hydrogen (secondary N) is 1. The van der Waals surface area contributed by atoms with Crippen molar-refractivity contribution < 1.29 is 19.7 Å². The summed E-state index contributed by atoms with van der Waals surface area (Å²) in [5.74, 6) is 0. The zero-order valence-electron chi connectivity index (χ0n) is 5.94. The molecule has 4 atom stereocenters. The van der Waals surface area contributed by atoms with Gasteiger partial charge in [0, 0.05) is 0 Å². The summed E-state index contributed by atoms with van der Waals surface area (Å²) in [5.41, 5.74) is 0. The summed E-state index contributed by atoms with van der Waals surface area (Å²) in [7, 11) is 0. The highest BCUT2D eigenvalue weighted by atomic mass is 19.1. The lowest BCUT2D eigenvalue weighted by Crippen LogP contribution is -2.37. The third kappa shape index (κ3) is 1.51. The Morgan fingerprint density at radius 3 is 2.00 bits per heavy atom. The molecule has 1 rings (SSSR count). The maximum Gasteiger partial charge on any atom is 0.145 e. The van der Waals surface area contributed by atoms with E-state index in [1.807, 2.05) is 0 Å². The summed E-state index contributed by atoms with van der Waals surface area (Å²) in [6.07, 6.45) is -2.70. The molecule has 0 saturated carbocycles. The molecule has 1 heterocycles. The molecule has 1 aliphatic rings. The molecule has 0 amide bonds. The largest absolute Gasteiger partial charge is 0.395 e. The fourth-order valence-corrected chi connectivity index (χ4v) is 1.24. The molecule has 1 aliphatic heterocycles. The van der Waals surface area contributed by atoms with E-state index in [-0.39, 0.29) is 13.2 Å². The van der Waals surface area contributed by atoms with E-state index in [0.29, 0.717) is 0 Å². The molecule has 0 aromatic heterocycles. The second kappa shape index (κ2) is 3.44. The first-order valence-electron chi connectivity index (χ1n) is 3.50. The van der Waals surface area contributed by atoms with Gasteiger partial charge in [0.05, 0.1) is 25.3 Å². The molecule has 0 radical (unpaired) electrons. The van der Waals surface area contributed by atoms with Crippen LogP contribution >= 0.6 is 0 Å². The van der Waals surface area contributed by atoms with Crippen molar-refractivity contribution in [1.82, 2.24) is 5.32 Å². The fraction of sp³-hybridized carbons (Fsp3) is 1.00.